The Labute approximate surface area is 166 Å². The number of nitrogens with zero attached hydrogens (tertiary/aromatic N) is 3. The minimum atomic E-state index is -4.47. The molecule has 2 heterocycles. The summed E-state index contributed by atoms with van der Waals surface area (Å²) in [4.78, 5) is 10.5. The number of nitrogens with one attached hydrogen (secondary N) is 2. The standard InChI is InChI=1S/C18H22ClF3N6/c19-13-5-4-12(18(20,21)22)10-14(13)27-17-15(23)16(25-11-26-17)24-6-9-28-7-2-1-3-8-28/h4-5,10-11H,1-3,6-9,23H2,(H2,24,25,26,27). The van der Waals surface area contributed by atoms with Crippen LogP contribution >= 0.6 is 11.6 Å². The van der Waals surface area contributed by atoms with Crippen molar-refractivity contribution in [3.63, 3.8) is 0 Å². The molecule has 28 heavy (non-hydrogen) atoms. The average Bonchev–Trinajstić information content (AvgIpc) is 2.66. The fourth-order valence-corrected chi connectivity index (χ4v) is 3.24. The molecule has 1 aromatic heterocycles. The maximum Gasteiger partial charge on any atom is 0.416 e. The molecule has 0 amide bonds. The number of nitrogen functional groups attached to an aromatic ring is 1. The van der Waals surface area contributed by atoms with Crippen molar-refractivity contribution in [2.24, 2.45) is 0 Å². The molecular formula is C18H22ClF3N6. The number of piperidine rings is 1. The van der Waals surface area contributed by atoms with Crippen LogP contribution in [0, 0.1) is 0 Å². The van der Waals surface area contributed by atoms with Crippen molar-refractivity contribution in [2.45, 2.75) is 25.4 Å². The molecule has 0 bridgehead atoms. The van der Waals surface area contributed by atoms with E-state index in [4.69, 9.17) is 17.3 Å². The second-order valence-corrected chi connectivity index (χ2v) is 7.04. The van der Waals surface area contributed by atoms with Crippen molar-refractivity contribution in [1.29, 1.82) is 0 Å². The predicted molar refractivity (Wildman–Crippen MR) is 105 cm³/mol. The van der Waals surface area contributed by atoms with Crippen LogP contribution < -0.4 is 16.4 Å². The lowest BCUT2D eigenvalue weighted by molar-refractivity contribution is -0.137. The van der Waals surface area contributed by atoms with E-state index in [1.807, 2.05) is 0 Å². The molecule has 1 fully saturated rings. The Morgan fingerprint density at radius 3 is 2.54 bits per heavy atom. The zero-order chi connectivity index (χ0) is 20.1. The summed E-state index contributed by atoms with van der Waals surface area (Å²) < 4.78 is 38.8. The number of nitrogens with two attached hydrogens (primary N) is 1. The lowest BCUT2D eigenvalue weighted by atomic mass is 10.1. The maximum absolute atomic E-state index is 12.9. The highest BCUT2D eigenvalue weighted by molar-refractivity contribution is 6.33. The third-order valence-electron chi connectivity index (χ3n) is 4.60. The molecule has 10 heteroatoms. The van der Waals surface area contributed by atoms with Gasteiger partial charge in [0.05, 0.1) is 16.3 Å². The van der Waals surface area contributed by atoms with E-state index in [0.29, 0.717) is 12.4 Å². The molecular weight excluding hydrogens is 393 g/mol. The molecule has 0 unspecified atom stereocenters. The number of aromatic nitrogens is 2. The first-order chi connectivity index (χ1) is 13.3. The van der Waals surface area contributed by atoms with Gasteiger partial charge in [0.25, 0.3) is 0 Å². The third-order valence-corrected chi connectivity index (χ3v) is 4.93. The Balaban J connectivity index is 1.69. The quantitative estimate of drug-likeness (QED) is 0.651. The van der Waals surface area contributed by atoms with E-state index in [9.17, 15) is 13.2 Å². The molecule has 1 aliphatic heterocycles. The number of alkyl halides is 3. The number of hydrogen-bond donors (Lipinski definition) is 3. The van der Waals surface area contributed by atoms with Gasteiger partial charge >= 0.3 is 6.18 Å². The van der Waals surface area contributed by atoms with Gasteiger partial charge in [-0.1, -0.05) is 18.0 Å². The van der Waals surface area contributed by atoms with Gasteiger partial charge in [0.2, 0.25) is 0 Å². The first-order valence-electron chi connectivity index (χ1n) is 9.05. The second kappa shape index (κ2) is 8.83. The highest BCUT2D eigenvalue weighted by atomic mass is 35.5. The summed E-state index contributed by atoms with van der Waals surface area (Å²) in [5.74, 6) is 0.620. The summed E-state index contributed by atoms with van der Waals surface area (Å²) in [7, 11) is 0. The molecule has 3 rings (SSSR count). The molecule has 0 saturated carbocycles. The Kier molecular flexibility index (Phi) is 6.46. The molecule has 0 radical (unpaired) electrons. The van der Waals surface area contributed by atoms with Crippen LogP contribution in [0.2, 0.25) is 5.02 Å². The van der Waals surface area contributed by atoms with Crippen molar-refractivity contribution in [3.05, 3.63) is 35.1 Å². The normalized spacial score (nSPS) is 15.4. The maximum atomic E-state index is 12.9. The Hall–Kier alpha value is -2.26. The van der Waals surface area contributed by atoms with Crippen LogP contribution in [0.1, 0.15) is 24.8 Å². The van der Waals surface area contributed by atoms with Crippen LogP contribution in [0.4, 0.5) is 36.2 Å². The van der Waals surface area contributed by atoms with Gasteiger partial charge in [0.15, 0.2) is 11.6 Å². The van der Waals surface area contributed by atoms with E-state index in [2.05, 4.69) is 25.5 Å². The molecule has 1 aromatic carbocycles. The van der Waals surface area contributed by atoms with Gasteiger partial charge < -0.3 is 21.3 Å². The minimum absolute atomic E-state index is 0.0705. The number of rotatable bonds is 6. The van der Waals surface area contributed by atoms with Gasteiger partial charge in [-0.05, 0) is 44.1 Å². The smallest absolute Gasteiger partial charge is 0.393 e. The molecule has 0 spiro atoms. The van der Waals surface area contributed by atoms with Gasteiger partial charge in [-0.2, -0.15) is 13.2 Å². The molecule has 2 aromatic rings. The van der Waals surface area contributed by atoms with Crippen LogP contribution in [0.25, 0.3) is 0 Å². The molecule has 0 atom stereocenters. The lowest BCUT2D eigenvalue weighted by Gasteiger charge is -2.26. The highest BCUT2D eigenvalue weighted by Gasteiger charge is 2.31. The summed E-state index contributed by atoms with van der Waals surface area (Å²) in [6.45, 7) is 3.69. The summed E-state index contributed by atoms with van der Waals surface area (Å²) in [6.07, 6.45) is 0.516. The van der Waals surface area contributed by atoms with E-state index in [1.165, 1.54) is 31.7 Å². The van der Waals surface area contributed by atoms with E-state index >= 15 is 0 Å². The third kappa shape index (κ3) is 5.17. The summed E-state index contributed by atoms with van der Waals surface area (Å²) in [5, 5.41) is 6.07. The Bertz CT molecular complexity index is 808. The summed E-state index contributed by atoms with van der Waals surface area (Å²) >= 11 is 6.02. The van der Waals surface area contributed by atoms with Gasteiger partial charge in [-0.3, -0.25) is 0 Å². The largest absolute Gasteiger partial charge is 0.416 e. The van der Waals surface area contributed by atoms with Crippen molar-refractivity contribution in [3.8, 4) is 0 Å². The molecule has 4 N–H and O–H groups in total. The van der Waals surface area contributed by atoms with E-state index < -0.39 is 11.7 Å². The molecule has 1 aliphatic rings. The second-order valence-electron chi connectivity index (χ2n) is 6.63. The van der Waals surface area contributed by atoms with E-state index in [-0.39, 0.29) is 22.2 Å². The summed E-state index contributed by atoms with van der Waals surface area (Å²) in [5.41, 5.74) is 5.57. The topological polar surface area (TPSA) is 79.1 Å². The minimum Gasteiger partial charge on any atom is -0.393 e. The van der Waals surface area contributed by atoms with Gasteiger partial charge in [0.1, 0.15) is 12.0 Å². The highest BCUT2D eigenvalue weighted by Crippen LogP contribution is 2.36. The lowest BCUT2D eigenvalue weighted by Crippen LogP contribution is -2.33. The van der Waals surface area contributed by atoms with Crippen molar-refractivity contribution in [2.75, 3.05) is 42.5 Å². The van der Waals surface area contributed by atoms with Crippen LogP contribution in [-0.4, -0.2) is 41.0 Å². The monoisotopic (exact) mass is 414 g/mol. The molecule has 152 valence electrons. The number of likely N-dealkylation sites (tertiary alicyclic amines) is 1. The van der Waals surface area contributed by atoms with Gasteiger partial charge in [-0.15, -0.1) is 0 Å². The van der Waals surface area contributed by atoms with Crippen LogP contribution in [0.3, 0.4) is 0 Å². The fraction of sp³-hybridized carbons (Fsp3) is 0.444. The van der Waals surface area contributed by atoms with Crippen LogP contribution in [0.15, 0.2) is 24.5 Å². The number of halogens is 4. The van der Waals surface area contributed by atoms with Crippen LogP contribution in [-0.2, 0) is 6.18 Å². The van der Waals surface area contributed by atoms with Crippen molar-refractivity contribution >= 4 is 34.6 Å². The molecule has 6 nitrogen and oxygen atoms in total. The number of benzene rings is 1. The Morgan fingerprint density at radius 1 is 1.11 bits per heavy atom. The van der Waals surface area contributed by atoms with Crippen molar-refractivity contribution in [1.82, 2.24) is 14.9 Å². The SMILES string of the molecule is Nc1c(NCCN2CCCCC2)ncnc1Nc1cc(C(F)(F)F)ccc1Cl. The molecule has 1 saturated heterocycles. The fourth-order valence-electron chi connectivity index (χ4n) is 3.08. The van der Waals surface area contributed by atoms with E-state index in [1.54, 1.807) is 0 Å². The summed E-state index contributed by atoms with van der Waals surface area (Å²) in [6, 6.07) is 3.03. The van der Waals surface area contributed by atoms with E-state index in [0.717, 1.165) is 31.8 Å². The molecule has 0 aliphatic carbocycles. The number of anilines is 4. The van der Waals surface area contributed by atoms with Gasteiger partial charge in [0, 0.05) is 13.1 Å². The first kappa shape index (κ1) is 20.5. The first-order valence-corrected chi connectivity index (χ1v) is 9.43. The predicted octanol–water partition coefficient (Wildman–Crippen LogP) is 4.37. The zero-order valence-electron chi connectivity index (χ0n) is 15.2. The number of hydrogen-bond acceptors (Lipinski definition) is 6. The van der Waals surface area contributed by atoms with Crippen molar-refractivity contribution < 1.29 is 13.2 Å². The van der Waals surface area contributed by atoms with Crippen LogP contribution in [0.5, 0.6) is 0 Å². The average molecular weight is 415 g/mol. The Morgan fingerprint density at radius 2 is 1.82 bits per heavy atom. The zero-order valence-corrected chi connectivity index (χ0v) is 15.9. The van der Waals surface area contributed by atoms with Gasteiger partial charge in [-0.25, -0.2) is 9.97 Å².